The molecule has 1 aromatic rings. The molecule has 1 aromatic carbocycles. The molecule has 1 rings (SSSR count). The Labute approximate surface area is 97.7 Å². The van der Waals surface area contributed by atoms with Gasteiger partial charge in [-0.15, -0.1) is 0 Å². The number of likely N-dealkylation sites (N-methyl/N-ethyl adjacent to an activating group) is 1. The van der Waals surface area contributed by atoms with Crippen LogP contribution in [0, 0.1) is 0 Å². The van der Waals surface area contributed by atoms with E-state index in [9.17, 15) is 0 Å². The molecule has 0 fully saturated rings. The van der Waals surface area contributed by atoms with Crippen LogP contribution in [-0.2, 0) is 17.9 Å². The summed E-state index contributed by atoms with van der Waals surface area (Å²) in [6.45, 7) is 5.94. The summed E-state index contributed by atoms with van der Waals surface area (Å²) in [4.78, 5) is 2.33. The van der Waals surface area contributed by atoms with Gasteiger partial charge in [0.2, 0.25) is 0 Å². The third kappa shape index (κ3) is 4.31. The number of hydrogen-bond donors (Lipinski definition) is 1. The minimum atomic E-state index is 0.113. The molecule has 0 aromatic heterocycles. The van der Waals surface area contributed by atoms with Crippen LogP contribution in [0.5, 0.6) is 0 Å². The first-order valence-corrected chi connectivity index (χ1v) is 5.70. The first kappa shape index (κ1) is 13.2. The molecule has 0 aliphatic heterocycles. The van der Waals surface area contributed by atoms with Crippen LogP contribution in [0.3, 0.4) is 0 Å². The minimum absolute atomic E-state index is 0.113. The van der Waals surface area contributed by atoms with Gasteiger partial charge in [-0.3, -0.25) is 4.90 Å². The van der Waals surface area contributed by atoms with Gasteiger partial charge < -0.3 is 9.84 Å². The molecule has 3 heteroatoms. The summed E-state index contributed by atoms with van der Waals surface area (Å²) < 4.78 is 5.07. The summed E-state index contributed by atoms with van der Waals surface area (Å²) >= 11 is 0. The Morgan fingerprint density at radius 2 is 1.81 bits per heavy atom. The van der Waals surface area contributed by atoms with E-state index in [1.54, 1.807) is 7.11 Å². The van der Waals surface area contributed by atoms with Gasteiger partial charge >= 0.3 is 0 Å². The average Bonchev–Trinajstić information content (AvgIpc) is 2.35. The molecule has 0 aliphatic carbocycles. The van der Waals surface area contributed by atoms with Gasteiger partial charge in [0.1, 0.15) is 0 Å². The molecule has 3 nitrogen and oxygen atoms in total. The number of nitrogens with zero attached hydrogens (tertiary/aromatic N) is 1. The van der Waals surface area contributed by atoms with E-state index in [2.05, 4.69) is 24.0 Å². The van der Waals surface area contributed by atoms with Gasteiger partial charge in [-0.25, -0.2) is 0 Å². The van der Waals surface area contributed by atoms with Crippen molar-refractivity contribution in [1.82, 2.24) is 4.90 Å². The second-order valence-electron chi connectivity index (χ2n) is 3.84. The highest BCUT2D eigenvalue weighted by atomic mass is 16.5. The van der Waals surface area contributed by atoms with Crippen LogP contribution in [0.1, 0.15) is 18.1 Å². The lowest BCUT2D eigenvalue weighted by Crippen LogP contribution is -2.26. The van der Waals surface area contributed by atoms with Crippen molar-refractivity contribution in [2.24, 2.45) is 0 Å². The maximum Gasteiger partial charge on any atom is 0.0681 e. The van der Waals surface area contributed by atoms with Gasteiger partial charge in [-0.05, 0) is 17.7 Å². The van der Waals surface area contributed by atoms with Crippen molar-refractivity contribution in [3.05, 3.63) is 35.4 Å². The van der Waals surface area contributed by atoms with Gasteiger partial charge in [0.15, 0.2) is 0 Å². The second kappa shape index (κ2) is 7.39. The van der Waals surface area contributed by atoms with Crippen molar-refractivity contribution in [2.75, 3.05) is 26.8 Å². The van der Waals surface area contributed by atoms with Crippen LogP contribution in [-0.4, -0.2) is 36.8 Å². The normalized spacial score (nSPS) is 11.0. The average molecular weight is 223 g/mol. The number of methoxy groups -OCH3 is 1. The zero-order valence-corrected chi connectivity index (χ0v) is 10.1. The monoisotopic (exact) mass is 223 g/mol. The van der Waals surface area contributed by atoms with E-state index in [0.717, 1.165) is 31.8 Å². The van der Waals surface area contributed by atoms with Gasteiger partial charge in [-0.1, -0.05) is 31.2 Å². The van der Waals surface area contributed by atoms with Gasteiger partial charge in [-0.2, -0.15) is 0 Å². The molecule has 1 N–H and O–H groups in total. The van der Waals surface area contributed by atoms with Crippen LogP contribution in [0.15, 0.2) is 24.3 Å². The lowest BCUT2D eigenvalue weighted by molar-refractivity contribution is 0.147. The van der Waals surface area contributed by atoms with Crippen LogP contribution < -0.4 is 0 Å². The third-order valence-electron chi connectivity index (χ3n) is 2.67. The molecule has 16 heavy (non-hydrogen) atoms. The van der Waals surface area contributed by atoms with Crippen molar-refractivity contribution in [1.29, 1.82) is 0 Å². The van der Waals surface area contributed by atoms with E-state index >= 15 is 0 Å². The SMILES string of the molecule is CCN(CCOC)Cc1ccc(CO)cc1. The lowest BCUT2D eigenvalue weighted by Gasteiger charge is -2.19. The van der Waals surface area contributed by atoms with E-state index in [4.69, 9.17) is 9.84 Å². The van der Waals surface area contributed by atoms with E-state index in [1.165, 1.54) is 5.56 Å². The number of aliphatic hydroxyl groups is 1. The molecule has 0 bridgehead atoms. The summed E-state index contributed by atoms with van der Waals surface area (Å²) in [5, 5.41) is 8.95. The molecule has 0 radical (unpaired) electrons. The molecule has 0 heterocycles. The van der Waals surface area contributed by atoms with Crippen molar-refractivity contribution < 1.29 is 9.84 Å². The molecule has 0 saturated heterocycles. The topological polar surface area (TPSA) is 32.7 Å². The second-order valence-corrected chi connectivity index (χ2v) is 3.84. The maximum absolute atomic E-state index is 8.95. The molecule has 0 spiro atoms. The van der Waals surface area contributed by atoms with Crippen molar-refractivity contribution in [2.45, 2.75) is 20.1 Å². The summed E-state index contributed by atoms with van der Waals surface area (Å²) in [6.07, 6.45) is 0. The van der Waals surface area contributed by atoms with Gasteiger partial charge in [0, 0.05) is 20.2 Å². The number of hydrogen-bond acceptors (Lipinski definition) is 3. The summed E-state index contributed by atoms with van der Waals surface area (Å²) in [6, 6.07) is 8.08. The third-order valence-corrected chi connectivity index (χ3v) is 2.67. The fraction of sp³-hybridized carbons (Fsp3) is 0.538. The Hall–Kier alpha value is -0.900. The predicted octanol–water partition coefficient (Wildman–Crippen LogP) is 1.65. The van der Waals surface area contributed by atoms with Crippen LogP contribution in [0.4, 0.5) is 0 Å². The van der Waals surface area contributed by atoms with E-state index in [0.29, 0.717) is 0 Å². The maximum atomic E-state index is 8.95. The molecule has 0 unspecified atom stereocenters. The quantitative estimate of drug-likeness (QED) is 0.763. The molecule has 0 aliphatic rings. The lowest BCUT2D eigenvalue weighted by atomic mass is 10.1. The molecule has 0 saturated carbocycles. The molecule has 0 atom stereocenters. The number of rotatable bonds is 7. The highest BCUT2D eigenvalue weighted by molar-refractivity contribution is 5.21. The van der Waals surface area contributed by atoms with Gasteiger partial charge in [0.25, 0.3) is 0 Å². The number of ether oxygens (including phenoxy) is 1. The zero-order valence-electron chi connectivity index (χ0n) is 10.1. The van der Waals surface area contributed by atoms with Crippen molar-refractivity contribution in [3.8, 4) is 0 Å². The summed E-state index contributed by atoms with van der Waals surface area (Å²) in [7, 11) is 1.73. The Bertz CT molecular complexity index is 284. The van der Waals surface area contributed by atoms with Crippen LogP contribution >= 0.6 is 0 Å². The van der Waals surface area contributed by atoms with Crippen LogP contribution in [0.2, 0.25) is 0 Å². The van der Waals surface area contributed by atoms with E-state index < -0.39 is 0 Å². The largest absolute Gasteiger partial charge is 0.392 e. The first-order valence-electron chi connectivity index (χ1n) is 5.70. The van der Waals surface area contributed by atoms with Crippen LogP contribution in [0.25, 0.3) is 0 Å². The van der Waals surface area contributed by atoms with E-state index in [1.807, 2.05) is 12.1 Å². The predicted molar refractivity (Wildman–Crippen MR) is 65.2 cm³/mol. The Morgan fingerprint density at radius 1 is 1.19 bits per heavy atom. The summed E-state index contributed by atoms with van der Waals surface area (Å²) in [5.74, 6) is 0. The number of aliphatic hydroxyl groups excluding tert-OH is 1. The molecular formula is C13H21NO2. The highest BCUT2D eigenvalue weighted by Gasteiger charge is 2.03. The Kier molecular flexibility index (Phi) is 6.08. The fourth-order valence-electron chi connectivity index (χ4n) is 1.58. The standard InChI is InChI=1S/C13H21NO2/c1-3-14(8-9-16-2)10-12-4-6-13(11-15)7-5-12/h4-7,15H,3,8-11H2,1-2H3. The van der Waals surface area contributed by atoms with Crippen molar-refractivity contribution in [3.63, 3.8) is 0 Å². The fourth-order valence-corrected chi connectivity index (χ4v) is 1.58. The summed E-state index contributed by atoms with van der Waals surface area (Å²) in [5.41, 5.74) is 2.24. The number of benzene rings is 1. The van der Waals surface area contributed by atoms with Crippen molar-refractivity contribution >= 4 is 0 Å². The minimum Gasteiger partial charge on any atom is -0.392 e. The van der Waals surface area contributed by atoms with E-state index in [-0.39, 0.29) is 6.61 Å². The molecule has 0 amide bonds. The first-order chi connectivity index (χ1) is 7.80. The molecule has 90 valence electrons. The zero-order chi connectivity index (χ0) is 11.8. The Morgan fingerprint density at radius 3 is 2.31 bits per heavy atom. The Balaban J connectivity index is 2.49. The van der Waals surface area contributed by atoms with Gasteiger partial charge in [0.05, 0.1) is 13.2 Å². The molecular weight excluding hydrogens is 202 g/mol. The smallest absolute Gasteiger partial charge is 0.0681 e. The highest BCUT2D eigenvalue weighted by Crippen LogP contribution is 2.07.